The molecule has 1 aromatic carbocycles. The first-order chi connectivity index (χ1) is 8.89. The number of hydrogen-bond donors (Lipinski definition) is 0. The van der Waals surface area contributed by atoms with E-state index in [1.165, 1.54) is 0 Å². The van der Waals surface area contributed by atoms with Gasteiger partial charge in [0, 0.05) is 17.2 Å². The van der Waals surface area contributed by atoms with Crippen molar-refractivity contribution < 1.29 is 19.0 Å². The molecule has 0 unspecified atom stereocenters. The van der Waals surface area contributed by atoms with Crippen LogP contribution in [-0.2, 0) is 4.79 Å². The van der Waals surface area contributed by atoms with Crippen molar-refractivity contribution >= 4 is 11.9 Å². The van der Waals surface area contributed by atoms with Crippen molar-refractivity contribution in [3.8, 4) is 17.2 Å². The van der Waals surface area contributed by atoms with Crippen molar-refractivity contribution in [1.29, 1.82) is 0 Å². The van der Waals surface area contributed by atoms with E-state index >= 15 is 0 Å². The molecule has 1 aromatic rings. The van der Waals surface area contributed by atoms with Crippen molar-refractivity contribution in [3.63, 3.8) is 0 Å². The summed E-state index contributed by atoms with van der Waals surface area (Å²) >= 11 is 0. The fraction of sp³-hybridized carbons (Fsp3) is 0.400. The Morgan fingerprint density at radius 2 is 1.74 bits per heavy atom. The smallest absolute Gasteiger partial charge is 0.164 e. The first-order valence-electron chi connectivity index (χ1n) is 6.07. The standard InChI is InChI=1S/C15H18O4/c1-9(16)11-6-10-7-13(17-4)14(18-5)8-12(10)19-15(11,2)3/h6-8H,1-5H3. The summed E-state index contributed by atoms with van der Waals surface area (Å²) in [6, 6.07) is 3.59. The summed E-state index contributed by atoms with van der Waals surface area (Å²) in [5.41, 5.74) is 0.827. The van der Waals surface area contributed by atoms with E-state index in [-0.39, 0.29) is 5.78 Å². The Balaban J connectivity index is 2.60. The fourth-order valence-electron chi connectivity index (χ4n) is 2.26. The van der Waals surface area contributed by atoms with E-state index in [1.54, 1.807) is 27.2 Å². The molecule has 1 heterocycles. The highest BCUT2D eigenvalue weighted by Crippen LogP contribution is 2.41. The van der Waals surface area contributed by atoms with E-state index in [0.717, 1.165) is 5.56 Å². The van der Waals surface area contributed by atoms with Gasteiger partial charge in [0.1, 0.15) is 11.4 Å². The molecule has 0 amide bonds. The van der Waals surface area contributed by atoms with Crippen LogP contribution in [0.4, 0.5) is 0 Å². The Morgan fingerprint density at radius 3 is 2.26 bits per heavy atom. The van der Waals surface area contributed by atoms with Gasteiger partial charge in [-0.25, -0.2) is 0 Å². The first-order valence-corrected chi connectivity index (χ1v) is 6.07. The predicted molar refractivity (Wildman–Crippen MR) is 72.9 cm³/mol. The largest absolute Gasteiger partial charge is 0.493 e. The third kappa shape index (κ3) is 2.30. The Morgan fingerprint density at radius 1 is 1.16 bits per heavy atom. The van der Waals surface area contributed by atoms with Crippen LogP contribution in [0.1, 0.15) is 26.3 Å². The zero-order chi connectivity index (χ0) is 14.2. The normalized spacial score (nSPS) is 15.9. The monoisotopic (exact) mass is 262 g/mol. The van der Waals surface area contributed by atoms with Gasteiger partial charge in [0.25, 0.3) is 0 Å². The maximum absolute atomic E-state index is 11.7. The molecule has 2 rings (SSSR count). The van der Waals surface area contributed by atoms with Gasteiger partial charge in [-0.2, -0.15) is 0 Å². The lowest BCUT2D eigenvalue weighted by Crippen LogP contribution is -2.36. The number of rotatable bonds is 3. The summed E-state index contributed by atoms with van der Waals surface area (Å²) < 4.78 is 16.4. The SMILES string of the molecule is COc1cc2c(cc1OC)OC(C)(C)C(C(C)=O)=C2. The van der Waals surface area contributed by atoms with Gasteiger partial charge in [-0.3, -0.25) is 4.79 Å². The van der Waals surface area contributed by atoms with Gasteiger partial charge in [0.05, 0.1) is 14.2 Å². The third-order valence-electron chi connectivity index (χ3n) is 3.21. The molecule has 0 radical (unpaired) electrons. The Hall–Kier alpha value is -1.97. The fourth-order valence-corrected chi connectivity index (χ4v) is 2.26. The molecule has 0 aliphatic carbocycles. The van der Waals surface area contributed by atoms with E-state index < -0.39 is 5.60 Å². The van der Waals surface area contributed by atoms with E-state index in [4.69, 9.17) is 14.2 Å². The van der Waals surface area contributed by atoms with Gasteiger partial charge in [-0.1, -0.05) is 0 Å². The summed E-state index contributed by atoms with van der Waals surface area (Å²) in [4.78, 5) is 11.7. The number of benzene rings is 1. The van der Waals surface area contributed by atoms with Crippen LogP contribution in [0, 0.1) is 0 Å². The van der Waals surface area contributed by atoms with Crippen molar-refractivity contribution in [3.05, 3.63) is 23.3 Å². The zero-order valence-corrected chi connectivity index (χ0v) is 11.9. The predicted octanol–water partition coefficient (Wildman–Crippen LogP) is 2.85. The summed E-state index contributed by atoms with van der Waals surface area (Å²) in [5.74, 6) is 1.92. The molecular formula is C15H18O4. The second-order valence-corrected chi connectivity index (χ2v) is 4.97. The summed E-state index contributed by atoms with van der Waals surface area (Å²) in [6.07, 6.45) is 1.85. The lowest BCUT2D eigenvalue weighted by Gasteiger charge is -2.33. The average Bonchev–Trinajstić information content (AvgIpc) is 2.35. The van der Waals surface area contributed by atoms with Crippen LogP contribution in [0.2, 0.25) is 0 Å². The highest BCUT2D eigenvalue weighted by Gasteiger charge is 2.33. The molecule has 0 saturated heterocycles. The van der Waals surface area contributed by atoms with Crippen LogP contribution < -0.4 is 14.2 Å². The summed E-state index contributed by atoms with van der Waals surface area (Å²) in [6.45, 7) is 5.29. The molecule has 0 fully saturated rings. The molecule has 0 atom stereocenters. The highest BCUT2D eigenvalue weighted by atomic mass is 16.5. The number of fused-ring (bicyclic) bond motifs is 1. The van der Waals surface area contributed by atoms with Crippen molar-refractivity contribution in [1.82, 2.24) is 0 Å². The number of carbonyl (C=O) groups excluding carboxylic acids is 1. The number of Topliss-reactive ketones (excluding diaryl/α,β-unsaturated/α-hetero) is 1. The topological polar surface area (TPSA) is 44.8 Å². The quantitative estimate of drug-likeness (QED) is 0.840. The van der Waals surface area contributed by atoms with Crippen LogP contribution in [0.3, 0.4) is 0 Å². The molecule has 4 heteroatoms. The first kappa shape index (κ1) is 13.5. The molecule has 0 saturated carbocycles. The third-order valence-corrected chi connectivity index (χ3v) is 3.21. The lowest BCUT2D eigenvalue weighted by atomic mass is 9.89. The second kappa shape index (κ2) is 4.61. The number of hydrogen-bond acceptors (Lipinski definition) is 4. The van der Waals surface area contributed by atoms with Crippen LogP contribution >= 0.6 is 0 Å². The van der Waals surface area contributed by atoms with Crippen molar-refractivity contribution in [2.45, 2.75) is 26.4 Å². The van der Waals surface area contributed by atoms with Crippen LogP contribution in [0.5, 0.6) is 17.2 Å². The molecular weight excluding hydrogens is 244 g/mol. The van der Waals surface area contributed by atoms with Gasteiger partial charge in [0.15, 0.2) is 17.3 Å². The number of ketones is 1. The molecule has 0 spiro atoms. The lowest BCUT2D eigenvalue weighted by molar-refractivity contribution is -0.115. The van der Waals surface area contributed by atoms with E-state index in [9.17, 15) is 4.79 Å². The Labute approximate surface area is 113 Å². The zero-order valence-electron chi connectivity index (χ0n) is 11.9. The number of ether oxygens (including phenoxy) is 3. The van der Waals surface area contributed by atoms with Gasteiger partial charge < -0.3 is 14.2 Å². The van der Waals surface area contributed by atoms with Gasteiger partial charge in [0.2, 0.25) is 0 Å². The van der Waals surface area contributed by atoms with E-state index in [0.29, 0.717) is 22.8 Å². The van der Waals surface area contributed by atoms with Crippen LogP contribution in [0.25, 0.3) is 6.08 Å². The second-order valence-electron chi connectivity index (χ2n) is 4.97. The summed E-state index contributed by atoms with van der Waals surface area (Å²) in [5, 5.41) is 0. The number of methoxy groups -OCH3 is 2. The molecule has 102 valence electrons. The molecule has 0 bridgehead atoms. The van der Waals surface area contributed by atoms with Crippen LogP contribution in [0.15, 0.2) is 17.7 Å². The maximum atomic E-state index is 11.7. The van der Waals surface area contributed by atoms with Crippen molar-refractivity contribution in [2.75, 3.05) is 14.2 Å². The Kier molecular flexibility index (Phi) is 3.27. The van der Waals surface area contributed by atoms with Gasteiger partial charge in [-0.05, 0) is 32.9 Å². The van der Waals surface area contributed by atoms with Gasteiger partial charge >= 0.3 is 0 Å². The van der Waals surface area contributed by atoms with E-state index in [1.807, 2.05) is 26.0 Å². The molecule has 0 aromatic heterocycles. The minimum absolute atomic E-state index is 0.00503. The molecule has 0 N–H and O–H groups in total. The molecule has 1 aliphatic heterocycles. The van der Waals surface area contributed by atoms with Crippen LogP contribution in [-0.4, -0.2) is 25.6 Å². The maximum Gasteiger partial charge on any atom is 0.164 e. The average molecular weight is 262 g/mol. The summed E-state index contributed by atoms with van der Waals surface area (Å²) in [7, 11) is 3.16. The minimum Gasteiger partial charge on any atom is -0.493 e. The number of carbonyl (C=O) groups is 1. The highest BCUT2D eigenvalue weighted by molar-refractivity contribution is 6.00. The van der Waals surface area contributed by atoms with Gasteiger partial charge in [-0.15, -0.1) is 0 Å². The molecule has 1 aliphatic rings. The Bertz CT molecular complexity index is 556. The molecule has 19 heavy (non-hydrogen) atoms. The van der Waals surface area contributed by atoms with Crippen molar-refractivity contribution in [2.24, 2.45) is 0 Å². The minimum atomic E-state index is -0.640. The van der Waals surface area contributed by atoms with E-state index in [2.05, 4.69) is 0 Å². The molecule has 4 nitrogen and oxygen atoms in total.